The minimum atomic E-state index is -3.66. The van der Waals surface area contributed by atoms with E-state index in [2.05, 4.69) is 9.71 Å². The minimum Gasteiger partial charge on any atom is -0.457 e. The van der Waals surface area contributed by atoms with Gasteiger partial charge < -0.3 is 4.74 Å². The maximum Gasteiger partial charge on any atom is 0.240 e. The lowest BCUT2D eigenvalue weighted by molar-refractivity contribution is 0.480. The molecule has 3 aromatic rings. The second-order valence-electron chi connectivity index (χ2n) is 6.29. The number of pyridine rings is 1. The molecule has 0 aliphatic rings. The van der Waals surface area contributed by atoms with Crippen LogP contribution in [-0.2, 0) is 26.3 Å². The summed E-state index contributed by atoms with van der Waals surface area (Å²) in [6, 6.07) is 17.5. The van der Waals surface area contributed by atoms with E-state index in [1.807, 2.05) is 12.1 Å². The largest absolute Gasteiger partial charge is 0.457 e. The van der Waals surface area contributed by atoms with Crippen LogP contribution in [0.3, 0.4) is 0 Å². The number of hydrogen-bond donors (Lipinski definition) is 1. The lowest BCUT2D eigenvalue weighted by Crippen LogP contribution is -2.26. The molecule has 29 heavy (non-hydrogen) atoms. The zero-order chi connectivity index (χ0) is 20.9. The van der Waals surface area contributed by atoms with Crippen LogP contribution < -0.4 is 9.46 Å². The fourth-order valence-corrected chi connectivity index (χ4v) is 4.22. The van der Waals surface area contributed by atoms with Crippen LogP contribution in [0.5, 0.6) is 11.5 Å². The molecule has 0 aliphatic carbocycles. The Balaban J connectivity index is 1.65. The van der Waals surface area contributed by atoms with Gasteiger partial charge in [0.05, 0.1) is 9.79 Å². The molecule has 0 radical (unpaired) electrons. The molecule has 2 aromatic carbocycles. The molecule has 0 aliphatic heterocycles. The number of aromatic nitrogens is 1. The fraction of sp³-hybridized carbons (Fsp3) is 0.150. The summed E-state index contributed by atoms with van der Waals surface area (Å²) in [5, 5.41) is 0. The number of hydrogen-bond acceptors (Lipinski definition) is 6. The number of sulfone groups is 1. The van der Waals surface area contributed by atoms with Gasteiger partial charge in [-0.1, -0.05) is 12.1 Å². The van der Waals surface area contributed by atoms with Crippen LogP contribution in [0.25, 0.3) is 0 Å². The van der Waals surface area contributed by atoms with Gasteiger partial charge in [0.1, 0.15) is 11.5 Å². The zero-order valence-electron chi connectivity index (χ0n) is 15.6. The third-order valence-corrected chi connectivity index (χ3v) is 6.59. The zero-order valence-corrected chi connectivity index (χ0v) is 17.3. The first-order valence-corrected chi connectivity index (χ1v) is 12.1. The number of sulfonamides is 1. The Morgan fingerprint density at radius 3 is 2.28 bits per heavy atom. The highest BCUT2D eigenvalue weighted by Crippen LogP contribution is 2.25. The third-order valence-electron chi connectivity index (χ3n) is 4.00. The van der Waals surface area contributed by atoms with Crippen molar-refractivity contribution in [1.29, 1.82) is 0 Å². The van der Waals surface area contributed by atoms with E-state index >= 15 is 0 Å². The Morgan fingerprint density at radius 1 is 0.862 bits per heavy atom. The lowest BCUT2D eigenvalue weighted by Gasteiger charge is -2.09. The van der Waals surface area contributed by atoms with Crippen molar-refractivity contribution in [2.75, 3.05) is 12.8 Å². The molecule has 7 nitrogen and oxygen atoms in total. The van der Waals surface area contributed by atoms with Gasteiger partial charge in [-0.05, 0) is 54.6 Å². The van der Waals surface area contributed by atoms with Gasteiger partial charge in [-0.3, -0.25) is 4.98 Å². The van der Waals surface area contributed by atoms with Crippen LogP contribution in [0, 0.1) is 0 Å². The smallest absolute Gasteiger partial charge is 0.240 e. The average molecular weight is 433 g/mol. The van der Waals surface area contributed by atoms with Gasteiger partial charge in [0.2, 0.25) is 10.0 Å². The van der Waals surface area contributed by atoms with Crippen molar-refractivity contribution in [2.45, 2.75) is 16.2 Å². The molecule has 0 amide bonds. The highest BCUT2D eigenvalue weighted by Gasteiger charge is 2.14. The summed E-state index contributed by atoms with van der Waals surface area (Å²) in [5.74, 6) is 0.736. The molecular formula is C20H20N2O5S2. The summed E-state index contributed by atoms with van der Waals surface area (Å²) in [5.41, 5.74) is 0.801. The third kappa shape index (κ3) is 5.86. The first-order valence-electron chi connectivity index (χ1n) is 8.72. The first-order chi connectivity index (χ1) is 13.7. The summed E-state index contributed by atoms with van der Waals surface area (Å²) < 4.78 is 56.3. The Morgan fingerprint density at radius 2 is 1.62 bits per heavy atom. The standard InChI is InChI=1S/C20H20N2O5S2/c1-28(23,24)20-7-4-6-18(15-20)27-17-8-10-19(11-9-17)29(25,26)22-14-12-16-5-2-3-13-21-16/h2-11,13,15,22H,12,14H2,1H3. The van der Waals surface area contributed by atoms with Gasteiger partial charge in [0.25, 0.3) is 0 Å². The molecule has 1 aromatic heterocycles. The maximum atomic E-state index is 12.4. The predicted molar refractivity (Wildman–Crippen MR) is 109 cm³/mol. The summed E-state index contributed by atoms with van der Waals surface area (Å²) in [6.45, 7) is 0.232. The number of nitrogens with zero attached hydrogens (tertiary/aromatic N) is 1. The Kier molecular flexibility index (Phi) is 6.31. The average Bonchev–Trinajstić information content (AvgIpc) is 2.69. The van der Waals surface area contributed by atoms with E-state index < -0.39 is 19.9 Å². The topological polar surface area (TPSA) is 102 Å². The molecule has 1 N–H and O–H groups in total. The van der Waals surface area contributed by atoms with Gasteiger partial charge in [-0.2, -0.15) is 0 Å². The summed E-state index contributed by atoms with van der Waals surface area (Å²) in [6.07, 6.45) is 3.26. The van der Waals surface area contributed by atoms with Gasteiger partial charge in [0, 0.05) is 31.1 Å². The van der Waals surface area contributed by atoms with E-state index in [1.54, 1.807) is 24.4 Å². The molecule has 152 valence electrons. The lowest BCUT2D eigenvalue weighted by atomic mass is 10.3. The van der Waals surface area contributed by atoms with Gasteiger partial charge in [-0.15, -0.1) is 0 Å². The molecule has 0 fully saturated rings. The van der Waals surface area contributed by atoms with Crippen molar-refractivity contribution in [1.82, 2.24) is 9.71 Å². The summed E-state index contributed by atoms with van der Waals surface area (Å²) in [4.78, 5) is 4.41. The van der Waals surface area contributed by atoms with Crippen LogP contribution in [0.4, 0.5) is 0 Å². The van der Waals surface area contributed by atoms with Crippen molar-refractivity contribution in [3.05, 3.63) is 78.6 Å². The monoisotopic (exact) mass is 432 g/mol. The van der Waals surface area contributed by atoms with Crippen LogP contribution >= 0.6 is 0 Å². The van der Waals surface area contributed by atoms with E-state index in [0.717, 1.165) is 11.9 Å². The highest BCUT2D eigenvalue weighted by atomic mass is 32.2. The van der Waals surface area contributed by atoms with Crippen LogP contribution in [0.1, 0.15) is 5.69 Å². The Hall–Kier alpha value is -2.75. The number of nitrogens with one attached hydrogen (secondary N) is 1. The Labute approximate surface area is 170 Å². The van der Waals surface area contributed by atoms with Gasteiger partial charge in [-0.25, -0.2) is 21.6 Å². The van der Waals surface area contributed by atoms with Crippen molar-refractivity contribution in [3.63, 3.8) is 0 Å². The predicted octanol–water partition coefficient (Wildman–Crippen LogP) is 2.80. The molecule has 9 heteroatoms. The van der Waals surface area contributed by atoms with E-state index in [9.17, 15) is 16.8 Å². The number of ether oxygens (including phenoxy) is 1. The Bertz CT molecular complexity index is 1180. The van der Waals surface area contributed by atoms with Crippen molar-refractivity contribution in [3.8, 4) is 11.5 Å². The van der Waals surface area contributed by atoms with Crippen LogP contribution in [-0.4, -0.2) is 34.6 Å². The van der Waals surface area contributed by atoms with E-state index in [1.165, 1.54) is 36.4 Å². The molecule has 0 unspecified atom stereocenters. The second kappa shape index (κ2) is 8.73. The molecule has 0 bridgehead atoms. The summed E-state index contributed by atoms with van der Waals surface area (Å²) >= 11 is 0. The highest BCUT2D eigenvalue weighted by molar-refractivity contribution is 7.90. The van der Waals surface area contributed by atoms with Crippen LogP contribution in [0.15, 0.2) is 82.7 Å². The minimum absolute atomic E-state index is 0.107. The first kappa shape index (κ1) is 21.0. The number of benzene rings is 2. The van der Waals surface area contributed by atoms with Gasteiger partial charge in [0.15, 0.2) is 9.84 Å². The van der Waals surface area contributed by atoms with Crippen molar-refractivity contribution in [2.24, 2.45) is 0 Å². The quantitative estimate of drug-likeness (QED) is 0.587. The van der Waals surface area contributed by atoms with Gasteiger partial charge >= 0.3 is 0 Å². The van der Waals surface area contributed by atoms with Crippen molar-refractivity contribution < 1.29 is 21.6 Å². The van der Waals surface area contributed by atoms with Crippen LogP contribution in [0.2, 0.25) is 0 Å². The second-order valence-corrected chi connectivity index (χ2v) is 10.1. The molecule has 0 spiro atoms. The summed E-state index contributed by atoms with van der Waals surface area (Å²) in [7, 11) is -7.00. The van der Waals surface area contributed by atoms with E-state index in [0.29, 0.717) is 17.9 Å². The molecule has 1 heterocycles. The molecule has 0 atom stereocenters. The SMILES string of the molecule is CS(=O)(=O)c1cccc(Oc2ccc(S(=O)(=O)NCCc3ccccn3)cc2)c1. The van der Waals surface area contributed by atoms with E-state index in [4.69, 9.17) is 4.74 Å². The molecule has 3 rings (SSSR count). The molecule has 0 saturated carbocycles. The molecular weight excluding hydrogens is 412 g/mol. The fourth-order valence-electron chi connectivity index (χ4n) is 2.53. The van der Waals surface area contributed by atoms with E-state index in [-0.39, 0.29) is 16.3 Å². The molecule has 0 saturated heterocycles. The maximum absolute atomic E-state index is 12.4. The number of rotatable bonds is 8. The normalized spacial score (nSPS) is 11.9. The van der Waals surface area contributed by atoms with Crippen molar-refractivity contribution >= 4 is 19.9 Å².